The van der Waals surface area contributed by atoms with Crippen molar-refractivity contribution in [1.29, 1.82) is 0 Å². The molecule has 1 saturated heterocycles. The zero-order valence-corrected chi connectivity index (χ0v) is 17.0. The first-order valence-corrected chi connectivity index (χ1v) is 9.49. The molecule has 5 nitrogen and oxygen atoms in total. The number of ether oxygens (including phenoxy) is 3. The lowest BCUT2D eigenvalue weighted by molar-refractivity contribution is -0.126. The van der Waals surface area contributed by atoms with Crippen molar-refractivity contribution in [1.82, 2.24) is 4.90 Å². The van der Waals surface area contributed by atoms with Crippen LogP contribution in [0.4, 0.5) is 0 Å². The topological polar surface area (TPSA) is 48.0 Å². The summed E-state index contributed by atoms with van der Waals surface area (Å²) in [7, 11) is 4.73. The third-order valence-electron chi connectivity index (χ3n) is 4.91. The van der Waals surface area contributed by atoms with Gasteiger partial charge in [-0.05, 0) is 54.3 Å². The normalized spacial score (nSPS) is 16.4. The van der Waals surface area contributed by atoms with Crippen molar-refractivity contribution >= 4 is 23.6 Å². The van der Waals surface area contributed by atoms with Crippen LogP contribution >= 0.6 is 11.6 Å². The van der Waals surface area contributed by atoms with Crippen molar-refractivity contribution < 1.29 is 19.0 Å². The average molecular weight is 402 g/mol. The van der Waals surface area contributed by atoms with Gasteiger partial charge in [0.05, 0.1) is 32.4 Å². The predicted octanol–water partition coefficient (Wildman–Crippen LogP) is 4.74. The fourth-order valence-corrected chi connectivity index (χ4v) is 3.80. The zero-order valence-electron chi connectivity index (χ0n) is 16.3. The van der Waals surface area contributed by atoms with Gasteiger partial charge in [-0.25, -0.2) is 0 Å². The first kappa shape index (κ1) is 20.1. The highest BCUT2D eigenvalue weighted by Crippen LogP contribution is 2.37. The number of hydrogen-bond acceptors (Lipinski definition) is 4. The second-order valence-corrected chi connectivity index (χ2v) is 6.94. The van der Waals surface area contributed by atoms with Crippen molar-refractivity contribution in [3.8, 4) is 17.2 Å². The van der Waals surface area contributed by atoms with Crippen LogP contribution in [0.3, 0.4) is 0 Å². The SMILES string of the molecule is COc1ccc(C2CCCN2C(=O)/C=C/c2cc(Cl)c(OC)c(OC)c2)cc1. The van der Waals surface area contributed by atoms with Crippen LogP contribution in [0.1, 0.15) is 30.0 Å². The third kappa shape index (κ3) is 4.25. The molecule has 0 bridgehead atoms. The minimum atomic E-state index is -0.0239. The Hall–Kier alpha value is -2.66. The summed E-state index contributed by atoms with van der Waals surface area (Å²) in [5.41, 5.74) is 1.89. The Kier molecular flexibility index (Phi) is 6.47. The van der Waals surface area contributed by atoms with Crippen LogP contribution in [-0.2, 0) is 4.79 Å². The first-order valence-electron chi connectivity index (χ1n) is 9.11. The number of nitrogens with zero attached hydrogens (tertiary/aromatic N) is 1. The van der Waals surface area contributed by atoms with E-state index in [1.807, 2.05) is 29.2 Å². The minimum absolute atomic E-state index is 0.0239. The molecule has 0 aromatic heterocycles. The van der Waals surface area contributed by atoms with Crippen LogP contribution in [0.25, 0.3) is 6.08 Å². The summed E-state index contributed by atoms with van der Waals surface area (Å²) >= 11 is 6.24. The molecule has 28 heavy (non-hydrogen) atoms. The average Bonchev–Trinajstić information content (AvgIpc) is 3.21. The molecule has 1 fully saturated rings. The molecule has 1 aliphatic heterocycles. The summed E-state index contributed by atoms with van der Waals surface area (Å²) in [6.07, 6.45) is 5.27. The summed E-state index contributed by atoms with van der Waals surface area (Å²) < 4.78 is 15.8. The number of carbonyl (C=O) groups excluding carboxylic acids is 1. The van der Waals surface area contributed by atoms with Crippen molar-refractivity contribution in [2.45, 2.75) is 18.9 Å². The van der Waals surface area contributed by atoms with Gasteiger partial charge in [-0.3, -0.25) is 4.79 Å². The van der Waals surface area contributed by atoms with E-state index in [1.54, 1.807) is 38.5 Å². The van der Waals surface area contributed by atoms with Gasteiger partial charge >= 0.3 is 0 Å². The van der Waals surface area contributed by atoms with E-state index in [9.17, 15) is 4.79 Å². The summed E-state index contributed by atoms with van der Waals surface area (Å²) in [5, 5.41) is 0.436. The van der Waals surface area contributed by atoms with Gasteiger partial charge in [0.25, 0.3) is 0 Å². The largest absolute Gasteiger partial charge is 0.497 e. The standard InChI is InChI=1S/C22H24ClNO4/c1-26-17-9-7-16(8-10-17)19-5-4-12-24(19)21(25)11-6-15-13-18(23)22(28-3)20(14-15)27-2/h6-11,13-14,19H,4-5,12H2,1-3H3/b11-6+. The Morgan fingerprint density at radius 3 is 2.50 bits per heavy atom. The second kappa shape index (κ2) is 9.02. The molecule has 1 unspecified atom stereocenters. The van der Waals surface area contributed by atoms with Crippen LogP contribution in [-0.4, -0.2) is 38.7 Å². The summed E-state index contributed by atoms with van der Waals surface area (Å²) in [5.74, 6) is 1.79. The quantitative estimate of drug-likeness (QED) is 0.656. The number of rotatable bonds is 6. The Labute approximate surface area is 170 Å². The van der Waals surface area contributed by atoms with E-state index < -0.39 is 0 Å². The lowest BCUT2D eigenvalue weighted by Crippen LogP contribution is -2.28. The highest BCUT2D eigenvalue weighted by atomic mass is 35.5. The molecule has 1 atom stereocenters. The van der Waals surface area contributed by atoms with Crippen molar-refractivity contribution in [3.05, 3.63) is 58.6 Å². The van der Waals surface area contributed by atoms with Crippen LogP contribution in [0.15, 0.2) is 42.5 Å². The van der Waals surface area contributed by atoms with Gasteiger partial charge in [-0.15, -0.1) is 0 Å². The molecular formula is C22H24ClNO4. The minimum Gasteiger partial charge on any atom is -0.497 e. The predicted molar refractivity (Wildman–Crippen MR) is 110 cm³/mol. The fourth-order valence-electron chi connectivity index (χ4n) is 3.50. The lowest BCUT2D eigenvalue weighted by atomic mass is 10.0. The van der Waals surface area contributed by atoms with Gasteiger partial charge < -0.3 is 19.1 Å². The Balaban J connectivity index is 1.77. The lowest BCUT2D eigenvalue weighted by Gasteiger charge is -2.24. The molecule has 0 N–H and O–H groups in total. The van der Waals surface area contributed by atoms with Crippen LogP contribution in [0.5, 0.6) is 17.2 Å². The van der Waals surface area contributed by atoms with Gasteiger partial charge in [0.1, 0.15) is 5.75 Å². The van der Waals surface area contributed by atoms with E-state index in [4.69, 9.17) is 25.8 Å². The highest BCUT2D eigenvalue weighted by Gasteiger charge is 2.28. The number of hydrogen-bond donors (Lipinski definition) is 0. The van der Waals surface area contributed by atoms with E-state index in [0.717, 1.165) is 36.3 Å². The summed E-state index contributed by atoms with van der Waals surface area (Å²) in [6, 6.07) is 11.5. The Morgan fingerprint density at radius 1 is 1.11 bits per heavy atom. The van der Waals surface area contributed by atoms with E-state index in [-0.39, 0.29) is 11.9 Å². The molecular weight excluding hydrogens is 378 g/mol. The molecule has 6 heteroatoms. The Morgan fingerprint density at radius 2 is 1.86 bits per heavy atom. The van der Waals surface area contributed by atoms with Gasteiger partial charge in [0, 0.05) is 12.6 Å². The van der Waals surface area contributed by atoms with Crippen molar-refractivity contribution in [2.24, 2.45) is 0 Å². The molecule has 1 aliphatic rings. The zero-order chi connectivity index (χ0) is 20.1. The number of amides is 1. The summed E-state index contributed by atoms with van der Waals surface area (Å²) in [4.78, 5) is 14.7. The van der Waals surface area contributed by atoms with E-state index in [2.05, 4.69) is 0 Å². The van der Waals surface area contributed by atoms with Crippen LogP contribution in [0.2, 0.25) is 5.02 Å². The highest BCUT2D eigenvalue weighted by molar-refractivity contribution is 6.32. The monoisotopic (exact) mass is 401 g/mol. The van der Waals surface area contributed by atoms with E-state index >= 15 is 0 Å². The van der Waals surface area contributed by atoms with E-state index in [1.165, 1.54) is 7.11 Å². The molecule has 2 aromatic rings. The maximum atomic E-state index is 12.8. The summed E-state index contributed by atoms with van der Waals surface area (Å²) in [6.45, 7) is 0.743. The molecule has 1 amide bonds. The maximum absolute atomic E-state index is 12.8. The molecule has 0 radical (unpaired) electrons. The number of carbonyl (C=O) groups is 1. The van der Waals surface area contributed by atoms with Gasteiger partial charge in [-0.2, -0.15) is 0 Å². The van der Waals surface area contributed by atoms with Crippen molar-refractivity contribution in [2.75, 3.05) is 27.9 Å². The van der Waals surface area contributed by atoms with Gasteiger partial charge in [0.15, 0.2) is 11.5 Å². The van der Waals surface area contributed by atoms with Crippen LogP contribution in [0, 0.1) is 0 Å². The van der Waals surface area contributed by atoms with E-state index in [0.29, 0.717) is 16.5 Å². The number of likely N-dealkylation sites (tertiary alicyclic amines) is 1. The Bertz CT molecular complexity index is 864. The smallest absolute Gasteiger partial charge is 0.247 e. The second-order valence-electron chi connectivity index (χ2n) is 6.53. The van der Waals surface area contributed by atoms with Crippen molar-refractivity contribution in [3.63, 3.8) is 0 Å². The maximum Gasteiger partial charge on any atom is 0.247 e. The number of halogens is 1. The first-order chi connectivity index (χ1) is 13.6. The molecule has 0 saturated carbocycles. The molecule has 148 valence electrons. The molecule has 0 aliphatic carbocycles. The fraction of sp³-hybridized carbons (Fsp3) is 0.318. The number of methoxy groups -OCH3 is 3. The molecule has 0 spiro atoms. The molecule has 1 heterocycles. The third-order valence-corrected chi connectivity index (χ3v) is 5.19. The van der Waals surface area contributed by atoms with Gasteiger partial charge in [-0.1, -0.05) is 23.7 Å². The number of benzene rings is 2. The molecule has 3 rings (SSSR count). The van der Waals surface area contributed by atoms with Gasteiger partial charge in [0.2, 0.25) is 5.91 Å². The van der Waals surface area contributed by atoms with Crippen LogP contribution < -0.4 is 14.2 Å². The molecule has 2 aromatic carbocycles.